The van der Waals surface area contributed by atoms with Crippen molar-refractivity contribution in [1.29, 1.82) is 0 Å². The molecule has 0 aliphatic carbocycles. The first-order valence-corrected chi connectivity index (χ1v) is 7.58. The van der Waals surface area contributed by atoms with Crippen LogP contribution >= 0.6 is 0 Å². The Hall–Kier alpha value is -3.54. The Kier molecular flexibility index (Phi) is 4.26. The van der Waals surface area contributed by atoms with Gasteiger partial charge in [-0.1, -0.05) is 42.5 Å². The summed E-state index contributed by atoms with van der Waals surface area (Å²) in [5, 5.41) is 0. The molecule has 1 amide bonds. The number of nitrogens with one attached hydrogen (secondary N) is 1. The number of carbonyl (C=O) groups excluding carboxylic acids is 2. The first-order valence-electron chi connectivity index (χ1n) is 7.58. The van der Waals surface area contributed by atoms with Gasteiger partial charge in [-0.05, 0) is 17.7 Å². The van der Waals surface area contributed by atoms with Crippen molar-refractivity contribution in [3.8, 4) is 16.9 Å². The van der Waals surface area contributed by atoms with Gasteiger partial charge < -0.3 is 21.2 Å². The van der Waals surface area contributed by atoms with Crippen LogP contribution in [0.1, 0.15) is 26.4 Å². The fourth-order valence-electron chi connectivity index (χ4n) is 2.73. The van der Waals surface area contributed by atoms with Gasteiger partial charge in [0.05, 0.1) is 18.4 Å². The Morgan fingerprint density at radius 3 is 2.20 bits per heavy atom. The predicted molar refractivity (Wildman–Crippen MR) is 95.6 cm³/mol. The number of aromatic amines is 1. The van der Waals surface area contributed by atoms with Crippen LogP contribution in [0, 0.1) is 0 Å². The van der Waals surface area contributed by atoms with E-state index in [2.05, 4.69) is 4.98 Å². The first kappa shape index (κ1) is 16.3. The highest BCUT2D eigenvalue weighted by atomic mass is 16.5. The summed E-state index contributed by atoms with van der Waals surface area (Å²) in [6.07, 6.45) is 0. The number of aromatic nitrogens is 1. The van der Waals surface area contributed by atoms with Gasteiger partial charge in [0.2, 0.25) is 5.78 Å². The van der Waals surface area contributed by atoms with Crippen LogP contribution in [0.4, 0.5) is 5.82 Å². The van der Waals surface area contributed by atoms with Crippen LogP contribution in [0.15, 0.2) is 54.6 Å². The van der Waals surface area contributed by atoms with Crippen LogP contribution in [0.5, 0.6) is 5.75 Å². The summed E-state index contributed by atoms with van der Waals surface area (Å²) in [4.78, 5) is 27.6. The first-order chi connectivity index (χ1) is 12.0. The van der Waals surface area contributed by atoms with E-state index in [4.69, 9.17) is 16.2 Å². The molecule has 1 heterocycles. The molecule has 0 fully saturated rings. The number of ether oxygens (including phenoxy) is 1. The van der Waals surface area contributed by atoms with E-state index in [9.17, 15) is 9.59 Å². The van der Waals surface area contributed by atoms with Gasteiger partial charge in [0.25, 0.3) is 5.91 Å². The number of ketones is 1. The molecule has 0 unspecified atom stereocenters. The Labute approximate surface area is 144 Å². The number of primary amides is 1. The zero-order valence-electron chi connectivity index (χ0n) is 13.6. The highest BCUT2D eigenvalue weighted by Gasteiger charge is 2.25. The average Bonchev–Trinajstić information content (AvgIpc) is 2.99. The van der Waals surface area contributed by atoms with Crippen LogP contribution in [0.3, 0.4) is 0 Å². The van der Waals surface area contributed by atoms with Gasteiger partial charge in [0, 0.05) is 11.1 Å². The van der Waals surface area contributed by atoms with Crippen molar-refractivity contribution in [3.05, 3.63) is 71.4 Å². The molecule has 0 radical (unpaired) electrons. The molecule has 0 spiro atoms. The van der Waals surface area contributed by atoms with Crippen LogP contribution < -0.4 is 16.2 Å². The number of hydrogen-bond acceptors (Lipinski definition) is 4. The summed E-state index contributed by atoms with van der Waals surface area (Å²) in [6.45, 7) is 0. The number of benzene rings is 2. The lowest BCUT2D eigenvalue weighted by Crippen LogP contribution is -2.13. The molecule has 6 nitrogen and oxygen atoms in total. The van der Waals surface area contributed by atoms with Crippen molar-refractivity contribution < 1.29 is 14.3 Å². The molecule has 3 aromatic rings. The van der Waals surface area contributed by atoms with Gasteiger partial charge in [-0.15, -0.1) is 0 Å². The van der Waals surface area contributed by atoms with Crippen molar-refractivity contribution in [3.63, 3.8) is 0 Å². The molecule has 0 bridgehead atoms. The average molecular weight is 335 g/mol. The topological polar surface area (TPSA) is 111 Å². The lowest BCUT2D eigenvalue weighted by molar-refractivity contribution is 0.100. The van der Waals surface area contributed by atoms with E-state index < -0.39 is 5.91 Å². The summed E-state index contributed by atoms with van der Waals surface area (Å²) < 4.78 is 5.14. The minimum absolute atomic E-state index is 0.0672. The third-order valence-electron chi connectivity index (χ3n) is 3.92. The van der Waals surface area contributed by atoms with E-state index in [1.807, 2.05) is 6.07 Å². The van der Waals surface area contributed by atoms with E-state index in [1.165, 1.54) is 0 Å². The van der Waals surface area contributed by atoms with Crippen LogP contribution in [0.2, 0.25) is 0 Å². The van der Waals surface area contributed by atoms with Crippen LogP contribution in [-0.4, -0.2) is 23.8 Å². The van der Waals surface area contributed by atoms with Gasteiger partial charge in [0.15, 0.2) is 0 Å². The molecule has 126 valence electrons. The summed E-state index contributed by atoms with van der Waals surface area (Å²) in [5.41, 5.74) is 13.2. The number of H-pyrrole nitrogens is 1. The maximum atomic E-state index is 12.9. The monoisotopic (exact) mass is 335 g/mol. The van der Waals surface area contributed by atoms with E-state index in [0.717, 1.165) is 0 Å². The predicted octanol–water partition coefficient (Wildman–Crippen LogP) is 2.60. The van der Waals surface area contributed by atoms with Crippen molar-refractivity contribution >= 4 is 17.5 Å². The molecule has 1 aromatic heterocycles. The second-order valence-electron chi connectivity index (χ2n) is 5.45. The minimum Gasteiger partial charge on any atom is -0.497 e. The lowest BCUT2D eigenvalue weighted by Gasteiger charge is -2.07. The van der Waals surface area contributed by atoms with E-state index in [0.29, 0.717) is 22.4 Å². The molecule has 3 rings (SSSR count). The molecular weight excluding hydrogens is 318 g/mol. The van der Waals surface area contributed by atoms with Crippen molar-refractivity contribution in [2.24, 2.45) is 5.73 Å². The molecule has 6 heteroatoms. The zero-order chi connectivity index (χ0) is 18.0. The fourth-order valence-corrected chi connectivity index (χ4v) is 2.73. The summed E-state index contributed by atoms with van der Waals surface area (Å²) in [5.74, 6) is -0.251. The molecule has 0 saturated heterocycles. The van der Waals surface area contributed by atoms with Gasteiger partial charge in [-0.25, -0.2) is 0 Å². The van der Waals surface area contributed by atoms with Gasteiger partial charge in [-0.2, -0.15) is 0 Å². The lowest BCUT2D eigenvalue weighted by atomic mass is 9.96. The Balaban J connectivity index is 2.20. The number of anilines is 1. The number of nitrogen functional groups attached to an aromatic ring is 1. The number of hydrogen-bond donors (Lipinski definition) is 3. The van der Waals surface area contributed by atoms with Gasteiger partial charge in [-0.3, -0.25) is 9.59 Å². The quantitative estimate of drug-likeness (QED) is 0.622. The van der Waals surface area contributed by atoms with E-state index >= 15 is 0 Å². The van der Waals surface area contributed by atoms with Crippen LogP contribution in [-0.2, 0) is 0 Å². The van der Waals surface area contributed by atoms with Gasteiger partial charge in [0.1, 0.15) is 11.6 Å². The molecule has 0 saturated carbocycles. The summed E-state index contributed by atoms with van der Waals surface area (Å²) in [6, 6.07) is 15.7. The summed E-state index contributed by atoms with van der Waals surface area (Å²) >= 11 is 0. The molecular formula is C19H17N3O3. The van der Waals surface area contributed by atoms with Crippen molar-refractivity contribution in [2.75, 3.05) is 12.8 Å². The zero-order valence-corrected chi connectivity index (χ0v) is 13.6. The third kappa shape index (κ3) is 2.97. The van der Waals surface area contributed by atoms with E-state index in [1.54, 1.807) is 55.6 Å². The molecule has 0 atom stereocenters. The SMILES string of the molecule is COc1ccc(-c2c(C(=O)c3ccccc3)[nH]c(N)c2C(N)=O)cc1. The Morgan fingerprint density at radius 2 is 1.64 bits per heavy atom. The maximum absolute atomic E-state index is 12.9. The highest BCUT2D eigenvalue weighted by molar-refractivity contribution is 6.17. The largest absolute Gasteiger partial charge is 0.497 e. The smallest absolute Gasteiger partial charge is 0.253 e. The second-order valence-corrected chi connectivity index (χ2v) is 5.45. The molecule has 2 aromatic carbocycles. The highest BCUT2D eigenvalue weighted by Crippen LogP contribution is 2.34. The van der Waals surface area contributed by atoms with Gasteiger partial charge >= 0.3 is 0 Å². The number of methoxy groups -OCH3 is 1. The number of rotatable bonds is 5. The second kappa shape index (κ2) is 6.52. The maximum Gasteiger partial charge on any atom is 0.253 e. The van der Waals surface area contributed by atoms with Crippen molar-refractivity contribution in [1.82, 2.24) is 4.98 Å². The Bertz CT molecular complexity index is 929. The molecule has 5 N–H and O–H groups in total. The number of carbonyl (C=O) groups is 2. The molecule has 0 aliphatic heterocycles. The van der Waals surface area contributed by atoms with Crippen molar-refractivity contribution in [2.45, 2.75) is 0 Å². The standard InChI is InChI=1S/C19H17N3O3/c1-25-13-9-7-11(8-10-13)14-15(19(21)24)18(20)22-16(14)17(23)12-5-3-2-4-6-12/h2-10,22H,20H2,1H3,(H2,21,24). The number of amides is 1. The van der Waals surface area contributed by atoms with E-state index in [-0.39, 0.29) is 22.9 Å². The Morgan fingerprint density at radius 1 is 1.00 bits per heavy atom. The fraction of sp³-hybridized carbons (Fsp3) is 0.0526. The normalized spacial score (nSPS) is 10.4. The van der Waals surface area contributed by atoms with Crippen LogP contribution in [0.25, 0.3) is 11.1 Å². The third-order valence-corrected chi connectivity index (χ3v) is 3.92. The summed E-state index contributed by atoms with van der Waals surface area (Å²) in [7, 11) is 1.56. The number of nitrogens with two attached hydrogens (primary N) is 2. The molecule has 25 heavy (non-hydrogen) atoms. The molecule has 0 aliphatic rings. The minimum atomic E-state index is -0.702.